The number of anilines is 1. The van der Waals surface area contributed by atoms with E-state index in [-0.39, 0.29) is 17.1 Å². The van der Waals surface area contributed by atoms with Gasteiger partial charge in [-0.25, -0.2) is 0 Å². The normalized spacial score (nSPS) is 11.8. The largest absolute Gasteiger partial charge is 0.416 e. The number of tetrazole rings is 1. The Labute approximate surface area is 94.0 Å². The van der Waals surface area contributed by atoms with Crippen LogP contribution in [-0.2, 0) is 13.2 Å². The van der Waals surface area contributed by atoms with Gasteiger partial charge in [0.1, 0.15) is 5.10 Å². The van der Waals surface area contributed by atoms with Crippen molar-refractivity contribution in [2.75, 3.05) is 5.73 Å². The smallest absolute Gasteiger partial charge is 0.399 e. The first-order valence-electron chi connectivity index (χ1n) is 4.63. The van der Waals surface area contributed by atoms with Gasteiger partial charge in [0.25, 0.3) is 0 Å². The van der Waals surface area contributed by atoms with E-state index in [4.69, 9.17) is 5.73 Å². The number of nitrogens with two attached hydrogens (primary N) is 1. The Morgan fingerprint density at radius 2 is 2.00 bits per heavy atom. The van der Waals surface area contributed by atoms with Crippen LogP contribution in [0, 0.1) is 0 Å². The summed E-state index contributed by atoms with van der Waals surface area (Å²) in [7, 11) is 1.59. The number of alkyl halides is 3. The summed E-state index contributed by atoms with van der Waals surface area (Å²) >= 11 is 0. The topological polar surface area (TPSA) is 71.5 Å². The Morgan fingerprint density at radius 1 is 1.29 bits per heavy atom. The molecule has 8 heteroatoms. The van der Waals surface area contributed by atoms with Crippen LogP contribution in [0.5, 0.6) is 0 Å². The molecule has 0 amide bonds. The number of hydrogen-bond donors (Lipinski definition) is 2. The molecule has 1 heterocycles. The summed E-state index contributed by atoms with van der Waals surface area (Å²) in [5, 5.41) is 9.65. The van der Waals surface area contributed by atoms with Gasteiger partial charge < -0.3 is 5.73 Å². The first-order chi connectivity index (χ1) is 7.88. The molecule has 0 unspecified atom stereocenters. The molecule has 90 valence electrons. The van der Waals surface area contributed by atoms with Crippen LogP contribution in [0.3, 0.4) is 0 Å². The van der Waals surface area contributed by atoms with E-state index in [1.54, 1.807) is 7.05 Å². The average molecular weight is 244 g/mol. The zero-order valence-electron chi connectivity index (χ0n) is 8.78. The first-order valence-corrected chi connectivity index (χ1v) is 4.63. The van der Waals surface area contributed by atoms with Gasteiger partial charge in [-0.1, -0.05) is 5.21 Å². The van der Waals surface area contributed by atoms with E-state index in [1.807, 2.05) is 0 Å². The minimum absolute atomic E-state index is 0.0258. The number of benzene rings is 1. The van der Waals surface area contributed by atoms with Crippen molar-refractivity contribution in [1.82, 2.24) is 15.5 Å². The summed E-state index contributed by atoms with van der Waals surface area (Å²) in [6.45, 7) is 0. The zero-order valence-corrected chi connectivity index (χ0v) is 8.78. The lowest BCUT2D eigenvalue weighted by Gasteiger charge is -2.08. The Kier molecular flexibility index (Phi) is 2.49. The van der Waals surface area contributed by atoms with Crippen molar-refractivity contribution < 1.29 is 17.9 Å². The summed E-state index contributed by atoms with van der Waals surface area (Å²) in [6, 6.07) is 3.27. The Hall–Kier alpha value is -2.12. The molecule has 3 N–H and O–H groups in total. The van der Waals surface area contributed by atoms with E-state index in [2.05, 4.69) is 15.5 Å². The van der Waals surface area contributed by atoms with Crippen molar-refractivity contribution in [2.24, 2.45) is 7.05 Å². The highest BCUT2D eigenvalue weighted by Gasteiger charge is 2.32. The van der Waals surface area contributed by atoms with Gasteiger partial charge in [0, 0.05) is 5.69 Å². The number of nitrogens with zero attached hydrogens (tertiary/aromatic N) is 3. The number of H-pyrrole nitrogens is 1. The molecule has 1 aromatic heterocycles. The zero-order chi connectivity index (χ0) is 12.6. The highest BCUT2D eigenvalue weighted by Crippen LogP contribution is 2.32. The quantitative estimate of drug-likeness (QED) is 0.578. The fourth-order valence-electron chi connectivity index (χ4n) is 1.45. The Bertz CT molecular complexity index is 546. The Morgan fingerprint density at radius 3 is 2.53 bits per heavy atom. The lowest BCUT2D eigenvalue weighted by molar-refractivity contribution is -0.721. The monoisotopic (exact) mass is 244 g/mol. The number of hydrogen-bond acceptors (Lipinski definition) is 3. The predicted octanol–water partition coefficient (Wildman–Crippen LogP) is 0.897. The third kappa shape index (κ3) is 2.19. The van der Waals surface area contributed by atoms with Gasteiger partial charge in [0.2, 0.25) is 0 Å². The molecule has 5 nitrogen and oxygen atoms in total. The van der Waals surface area contributed by atoms with Crippen molar-refractivity contribution in [2.45, 2.75) is 6.18 Å². The van der Waals surface area contributed by atoms with Gasteiger partial charge in [0.05, 0.1) is 18.2 Å². The fraction of sp³-hybridized carbons (Fsp3) is 0.222. The van der Waals surface area contributed by atoms with E-state index < -0.39 is 11.7 Å². The third-order valence-electron chi connectivity index (χ3n) is 2.20. The number of aryl methyl sites for hydroxylation is 1. The van der Waals surface area contributed by atoms with Crippen molar-refractivity contribution >= 4 is 5.69 Å². The molecule has 0 bridgehead atoms. The molecule has 2 rings (SSSR count). The molecule has 0 saturated carbocycles. The molecular weight excluding hydrogens is 235 g/mol. The van der Waals surface area contributed by atoms with E-state index in [1.165, 1.54) is 10.7 Å². The van der Waals surface area contributed by atoms with Gasteiger partial charge in [-0.2, -0.15) is 17.9 Å². The molecule has 0 aliphatic carbocycles. The number of nitrogens with one attached hydrogen (secondary N) is 1. The maximum absolute atomic E-state index is 12.6. The molecular formula is C9H9F3N5+. The lowest BCUT2D eigenvalue weighted by Crippen LogP contribution is -2.32. The van der Waals surface area contributed by atoms with Gasteiger partial charge in [-0.3, -0.25) is 0 Å². The number of nitrogen functional groups attached to an aromatic ring is 1. The van der Waals surface area contributed by atoms with Crippen LogP contribution >= 0.6 is 0 Å². The first kappa shape index (κ1) is 11.4. The minimum atomic E-state index is -4.44. The lowest BCUT2D eigenvalue weighted by atomic mass is 10.1. The number of halogens is 3. The van der Waals surface area contributed by atoms with Crippen molar-refractivity contribution in [1.29, 1.82) is 0 Å². The molecule has 0 atom stereocenters. The van der Waals surface area contributed by atoms with Gasteiger partial charge in [-0.05, 0) is 18.2 Å². The molecule has 0 aliphatic rings. The molecule has 17 heavy (non-hydrogen) atoms. The van der Waals surface area contributed by atoms with Crippen LogP contribution in [0.15, 0.2) is 18.2 Å². The highest BCUT2D eigenvalue weighted by molar-refractivity contribution is 5.61. The van der Waals surface area contributed by atoms with Crippen molar-refractivity contribution in [3.63, 3.8) is 0 Å². The van der Waals surface area contributed by atoms with Crippen LogP contribution < -0.4 is 10.4 Å². The van der Waals surface area contributed by atoms with Crippen LogP contribution in [0.4, 0.5) is 18.9 Å². The summed E-state index contributed by atoms with van der Waals surface area (Å²) in [5.74, 6) is 0.280. The van der Waals surface area contributed by atoms with E-state index in [0.717, 1.165) is 12.1 Å². The highest BCUT2D eigenvalue weighted by atomic mass is 19.4. The maximum atomic E-state index is 12.6. The van der Waals surface area contributed by atoms with Gasteiger partial charge in [0.15, 0.2) is 5.21 Å². The van der Waals surface area contributed by atoms with Crippen LogP contribution in [0.25, 0.3) is 11.4 Å². The molecule has 0 spiro atoms. The van der Waals surface area contributed by atoms with Crippen LogP contribution in [0.1, 0.15) is 5.56 Å². The van der Waals surface area contributed by atoms with Crippen molar-refractivity contribution in [3.05, 3.63) is 23.8 Å². The van der Waals surface area contributed by atoms with Crippen LogP contribution in [-0.4, -0.2) is 15.5 Å². The summed E-state index contributed by atoms with van der Waals surface area (Å²) < 4.78 is 39.1. The SMILES string of the molecule is C[n+]1[nH]nnc1-c1cc(N)cc(C(F)(F)F)c1. The summed E-state index contributed by atoms with van der Waals surface area (Å²) in [4.78, 5) is 0. The maximum Gasteiger partial charge on any atom is 0.416 e. The summed E-state index contributed by atoms with van der Waals surface area (Å²) in [6.07, 6.45) is -4.44. The van der Waals surface area contributed by atoms with Crippen molar-refractivity contribution in [3.8, 4) is 11.4 Å². The Balaban J connectivity index is 2.57. The van der Waals surface area contributed by atoms with Gasteiger partial charge in [-0.15, -0.1) is 0 Å². The van der Waals surface area contributed by atoms with Crippen LogP contribution in [0.2, 0.25) is 0 Å². The average Bonchev–Trinajstić information content (AvgIpc) is 2.62. The standard InChI is InChI=1S/C9H8F3N5/c1-17-8(14-15-16-17)5-2-6(9(10,11)12)4-7(13)3-5/h2-4H,13H2,1H3/p+1. The summed E-state index contributed by atoms with van der Waals surface area (Å²) in [5.41, 5.74) is 4.92. The van der Waals surface area contributed by atoms with E-state index in [0.29, 0.717) is 0 Å². The number of rotatable bonds is 1. The molecule has 0 fully saturated rings. The number of aromatic amines is 1. The minimum Gasteiger partial charge on any atom is -0.399 e. The molecule has 1 aromatic carbocycles. The molecule has 2 aromatic rings. The van der Waals surface area contributed by atoms with Gasteiger partial charge >= 0.3 is 12.0 Å². The van der Waals surface area contributed by atoms with E-state index in [9.17, 15) is 13.2 Å². The third-order valence-corrected chi connectivity index (χ3v) is 2.20. The number of aromatic nitrogens is 4. The second-order valence-electron chi connectivity index (χ2n) is 3.52. The molecule has 0 aliphatic heterocycles. The fourth-order valence-corrected chi connectivity index (χ4v) is 1.45. The molecule has 0 saturated heterocycles. The second kappa shape index (κ2) is 3.72. The predicted molar refractivity (Wildman–Crippen MR) is 52.4 cm³/mol. The van der Waals surface area contributed by atoms with E-state index >= 15 is 0 Å². The second-order valence-corrected chi connectivity index (χ2v) is 3.52. The molecule has 0 radical (unpaired) electrons.